The summed E-state index contributed by atoms with van der Waals surface area (Å²) in [7, 11) is 0. The number of anilines is 1. The molecule has 0 aliphatic carbocycles. The van der Waals surface area contributed by atoms with Gasteiger partial charge in [0, 0.05) is 10.7 Å². The molecule has 31 heavy (non-hydrogen) atoms. The molecule has 0 spiro atoms. The van der Waals surface area contributed by atoms with Gasteiger partial charge in [0.15, 0.2) is 0 Å². The first-order valence-corrected chi connectivity index (χ1v) is 10.2. The van der Waals surface area contributed by atoms with Crippen molar-refractivity contribution in [3.63, 3.8) is 0 Å². The second-order valence-corrected chi connectivity index (χ2v) is 7.94. The van der Waals surface area contributed by atoms with E-state index in [1.165, 1.54) is 29.2 Å². The molecule has 0 atom stereocenters. The van der Waals surface area contributed by atoms with Gasteiger partial charge in [0.25, 0.3) is 11.8 Å². The van der Waals surface area contributed by atoms with Crippen LogP contribution in [0.5, 0.6) is 0 Å². The fourth-order valence-electron chi connectivity index (χ4n) is 3.46. The van der Waals surface area contributed by atoms with E-state index in [2.05, 4.69) is 5.32 Å². The van der Waals surface area contributed by atoms with Crippen LogP contribution in [0.25, 0.3) is 5.57 Å². The predicted molar refractivity (Wildman–Crippen MR) is 120 cm³/mol. The number of hydrogen-bond donors (Lipinski definition) is 1. The lowest BCUT2D eigenvalue weighted by Crippen LogP contribution is -2.32. The first-order valence-electron chi connectivity index (χ1n) is 9.78. The number of imide groups is 1. The topological polar surface area (TPSA) is 49.4 Å². The second-order valence-electron chi connectivity index (χ2n) is 7.50. The lowest BCUT2D eigenvalue weighted by atomic mass is 10.0. The molecule has 0 saturated heterocycles. The Balaban J connectivity index is 1.74. The van der Waals surface area contributed by atoms with Crippen molar-refractivity contribution >= 4 is 34.7 Å². The number of hydrogen-bond acceptors (Lipinski definition) is 3. The number of carbonyl (C=O) groups is 2. The SMILES string of the molecule is Cc1ccc(NC2=C(c3ccc(F)cc3)C(=O)N(Cc3ccc(Cl)cc3)C2=O)cc1C. The Labute approximate surface area is 185 Å². The van der Waals surface area contributed by atoms with Gasteiger partial charge in [-0.15, -0.1) is 0 Å². The molecule has 156 valence electrons. The molecule has 0 fully saturated rings. The number of halogens is 2. The molecule has 1 heterocycles. The lowest BCUT2D eigenvalue weighted by Gasteiger charge is -2.15. The highest BCUT2D eigenvalue weighted by Crippen LogP contribution is 2.32. The van der Waals surface area contributed by atoms with Gasteiger partial charge < -0.3 is 5.32 Å². The molecule has 1 aliphatic heterocycles. The van der Waals surface area contributed by atoms with Gasteiger partial charge in [-0.05, 0) is 72.5 Å². The molecular formula is C25H20ClFN2O2. The van der Waals surface area contributed by atoms with Gasteiger partial charge in [-0.3, -0.25) is 14.5 Å². The third kappa shape index (κ3) is 4.23. The van der Waals surface area contributed by atoms with E-state index in [4.69, 9.17) is 11.6 Å². The van der Waals surface area contributed by atoms with E-state index >= 15 is 0 Å². The van der Waals surface area contributed by atoms with Gasteiger partial charge >= 0.3 is 0 Å². The Morgan fingerprint density at radius 3 is 2.19 bits per heavy atom. The zero-order valence-corrected chi connectivity index (χ0v) is 17.8. The normalized spacial score (nSPS) is 13.9. The largest absolute Gasteiger partial charge is 0.350 e. The average molecular weight is 435 g/mol. The molecule has 0 aromatic heterocycles. The Morgan fingerprint density at radius 2 is 1.55 bits per heavy atom. The molecule has 0 saturated carbocycles. The van der Waals surface area contributed by atoms with Crippen molar-refractivity contribution in [3.05, 3.63) is 106 Å². The van der Waals surface area contributed by atoms with Crippen LogP contribution in [-0.2, 0) is 16.1 Å². The Kier molecular flexibility index (Phi) is 5.61. The highest BCUT2D eigenvalue weighted by atomic mass is 35.5. The fraction of sp³-hybridized carbons (Fsp3) is 0.120. The number of amides is 2. The number of carbonyl (C=O) groups excluding carboxylic acids is 2. The van der Waals surface area contributed by atoms with E-state index in [-0.39, 0.29) is 17.8 Å². The summed E-state index contributed by atoms with van der Waals surface area (Å²) in [6.45, 7) is 4.09. The monoisotopic (exact) mass is 434 g/mol. The molecule has 3 aromatic rings. The van der Waals surface area contributed by atoms with Crippen LogP contribution in [0.2, 0.25) is 5.02 Å². The summed E-state index contributed by atoms with van der Waals surface area (Å²) in [5.74, 6) is -1.28. The van der Waals surface area contributed by atoms with Crippen LogP contribution >= 0.6 is 11.6 Å². The zero-order valence-electron chi connectivity index (χ0n) is 17.1. The molecule has 4 rings (SSSR count). The van der Waals surface area contributed by atoms with Crippen molar-refractivity contribution in [2.24, 2.45) is 0 Å². The maximum absolute atomic E-state index is 13.5. The van der Waals surface area contributed by atoms with Gasteiger partial charge in [0.2, 0.25) is 0 Å². The van der Waals surface area contributed by atoms with Crippen LogP contribution < -0.4 is 5.32 Å². The third-order valence-corrected chi connectivity index (χ3v) is 5.58. The van der Waals surface area contributed by atoms with Gasteiger partial charge in [0.05, 0.1) is 12.1 Å². The van der Waals surface area contributed by atoms with Crippen molar-refractivity contribution < 1.29 is 14.0 Å². The zero-order chi connectivity index (χ0) is 22.1. The third-order valence-electron chi connectivity index (χ3n) is 5.33. The maximum Gasteiger partial charge on any atom is 0.278 e. The van der Waals surface area contributed by atoms with E-state index < -0.39 is 17.6 Å². The predicted octanol–water partition coefficient (Wildman–Crippen LogP) is 5.49. The minimum absolute atomic E-state index is 0.109. The number of aryl methyl sites for hydroxylation is 2. The van der Waals surface area contributed by atoms with Crippen LogP contribution in [0.3, 0.4) is 0 Å². The van der Waals surface area contributed by atoms with E-state index in [9.17, 15) is 14.0 Å². The second kappa shape index (κ2) is 8.36. The molecule has 2 amide bonds. The van der Waals surface area contributed by atoms with Gasteiger partial charge in [-0.1, -0.05) is 41.9 Å². The van der Waals surface area contributed by atoms with E-state index in [1.54, 1.807) is 24.3 Å². The number of benzene rings is 3. The molecule has 4 nitrogen and oxygen atoms in total. The molecule has 3 aromatic carbocycles. The van der Waals surface area contributed by atoms with E-state index in [1.807, 2.05) is 32.0 Å². The summed E-state index contributed by atoms with van der Waals surface area (Å²) in [5, 5.41) is 3.70. The van der Waals surface area contributed by atoms with Crippen LogP contribution in [-0.4, -0.2) is 16.7 Å². The fourth-order valence-corrected chi connectivity index (χ4v) is 3.58. The van der Waals surface area contributed by atoms with Crippen molar-refractivity contribution in [1.29, 1.82) is 0 Å². The average Bonchev–Trinajstić information content (AvgIpc) is 2.97. The molecular weight excluding hydrogens is 415 g/mol. The van der Waals surface area contributed by atoms with Crippen molar-refractivity contribution in [1.82, 2.24) is 4.90 Å². The number of nitrogens with zero attached hydrogens (tertiary/aromatic N) is 1. The first-order chi connectivity index (χ1) is 14.8. The summed E-state index contributed by atoms with van der Waals surface area (Å²) in [5.41, 5.74) is 4.53. The quantitative estimate of drug-likeness (QED) is 0.540. The molecule has 6 heteroatoms. The molecule has 1 N–H and O–H groups in total. The van der Waals surface area contributed by atoms with Gasteiger partial charge in [-0.25, -0.2) is 4.39 Å². The van der Waals surface area contributed by atoms with Gasteiger partial charge in [0.1, 0.15) is 11.5 Å². The van der Waals surface area contributed by atoms with Crippen LogP contribution in [0.4, 0.5) is 10.1 Å². The Hall–Kier alpha value is -3.44. The van der Waals surface area contributed by atoms with Crippen LogP contribution in [0.1, 0.15) is 22.3 Å². The minimum atomic E-state index is -0.433. The minimum Gasteiger partial charge on any atom is -0.350 e. The summed E-state index contributed by atoms with van der Waals surface area (Å²) in [4.78, 5) is 27.7. The van der Waals surface area contributed by atoms with E-state index in [0.717, 1.165) is 16.7 Å². The summed E-state index contributed by atoms with van der Waals surface area (Å²) in [6, 6.07) is 18.3. The van der Waals surface area contributed by atoms with E-state index in [0.29, 0.717) is 16.3 Å². The molecule has 0 unspecified atom stereocenters. The molecule has 1 aliphatic rings. The lowest BCUT2D eigenvalue weighted by molar-refractivity contribution is -0.137. The molecule has 0 bridgehead atoms. The standard InChI is InChI=1S/C25H20ClFN2O2/c1-15-3-12-21(13-16(15)2)28-23-22(18-6-10-20(27)11-7-18)24(30)29(25(23)31)14-17-4-8-19(26)9-5-17/h3-13,28H,14H2,1-2H3. The highest BCUT2D eigenvalue weighted by Gasteiger charge is 2.39. The summed E-state index contributed by atoms with van der Waals surface area (Å²) < 4.78 is 13.5. The smallest absolute Gasteiger partial charge is 0.278 e. The molecule has 0 radical (unpaired) electrons. The highest BCUT2D eigenvalue weighted by molar-refractivity contribution is 6.36. The summed E-state index contributed by atoms with van der Waals surface area (Å²) in [6.07, 6.45) is 0. The van der Waals surface area contributed by atoms with Crippen LogP contribution in [0.15, 0.2) is 72.4 Å². The maximum atomic E-state index is 13.5. The van der Waals surface area contributed by atoms with Crippen LogP contribution in [0, 0.1) is 19.7 Å². The van der Waals surface area contributed by atoms with Crippen molar-refractivity contribution in [3.8, 4) is 0 Å². The van der Waals surface area contributed by atoms with Gasteiger partial charge in [-0.2, -0.15) is 0 Å². The van der Waals surface area contributed by atoms with Crippen molar-refractivity contribution in [2.45, 2.75) is 20.4 Å². The Bertz CT molecular complexity index is 1200. The summed E-state index contributed by atoms with van der Waals surface area (Å²) >= 11 is 5.94. The number of nitrogens with one attached hydrogen (secondary N) is 1. The van der Waals surface area contributed by atoms with Crippen molar-refractivity contribution in [2.75, 3.05) is 5.32 Å². The first kappa shape index (κ1) is 20.8. The Morgan fingerprint density at radius 1 is 0.871 bits per heavy atom. The number of rotatable bonds is 5.